The minimum atomic E-state index is -0.359. The third kappa shape index (κ3) is 2.94. The van der Waals surface area contributed by atoms with Gasteiger partial charge in [0, 0.05) is 12.0 Å². The summed E-state index contributed by atoms with van der Waals surface area (Å²) in [6, 6.07) is 0. The highest BCUT2D eigenvalue weighted by atomic mass is 16.5. The molecule has 1 heterocycles. The Morgan fingerprint density at radius 2 is 2.27 bits per heavy atom. The lowest BCUT2D eigenvalue weighted by Crippen LogP contribution is -2.39. The second-order valence-electron chi connectivity index (χ2n) is 4.60. The molecule has 86 valence electrons. The number of nitrogens with one attached hydrogen (secondary N) is 1. The van der Waals surface area contributed by atoms with E-state index < -0.39 is 0 Å². The molecule has 0 radical (unpaired) electrons. The number of hydrogen-bond donors (Lipinski definition) is 1. The molecule has 1 aliphatic rings. The molecule has 4 heteroatoms. The first-order valence-electron chi connectivity index (χ1n) is 5.42. The number of ether oxygens (including phenoxy) is 1. The van der Waals surface area contributed by atoms with Crippen LogP contribution in [0.5, 0.6) is 0 Å². The van der Waals surface area contributed by atoms with Gasteiger partial charge in [0.05, 0.1) is 12.5 Å². The molecule has 0 bridgehead atoms. The zero-order valence-corrected chi connectivity index (χ0v) is 9.63. The van der Waals surface area contributed by atoms with Gasteiger partial charge in [-0.25, -0.2) is 0 Å². The second-order valence-corrected chi connectivity index (χ2v) is 4.60. The molecule has 4 nitrogen and oxygen atoms in total. The van der Waals surface area contributed by atoms with Crippen molar-refractivity contribution in [1.29, 1.82) is 0 Å². The quantitative estimate of drug-likeness (QED) is 0.711. The summed E-state index contributed by atoms with van der Waals surface area (Å²) in [7, 11) is 0. The Bertz CT molecular complexity index is 261. The van der Waals surface area contributed by atoms with Crippen LogP contribution in [0.2, 0.25) is 0 Å². The maximum Gasteiger partial charge on any atom is 0.310 e. The van der Waals surface area contributed by atoms with Crippen molar-refractivity contribution in [1.82, 2.24) is 5.32 Å². The van der Waals surface area contributed by atoms with Crippen LogP contribution in [-0.4, -0.2) is 25.0 Å². The summed E-state index contributed by atoms with van der Waals surface area (Å²) in [5.41, 5.74) is -0.359. The van der Waals surface area contributed by atoms with Gasteiger partial charge in [-0.05, 0) is 12.8 Å². The zero-order valence-electron chi connectivity index (χ0n) is 9.63. The van der Waals surface area contributed by atoms with Crippen molar-refractivity contribution in [2.24, 2.45) is 11.3 Å². The van der Waals surface area contributed by atoms with Crippen LogP contribution in [0.3, 0.4) is 0 Å². The fourth-order valence-corrected chi connectivity index (χ4v) is 1.34. The van der Waals surface area contributed by atoms with Crippen molar-refractivity contribution in [2.45, 2.75) is 33.6 Å². The van der Waals surface area contributed by atoms with E-state index in [2.05, 4.69) is 5.32 Å². The second kappa shape index (κ2) is 4.64. The van der Waals surface area contributed by atoms with Crippen molar-refractivity contribution in [3.05, 3.63) is 0 Å². The van der Waals surface area contributed by atoms with Gasteiger partial charge in [-0.1, -0.05) is 20.8 Å². The number of cyclic esters (lactones) is 1. The molecule has 1 unspecified atom stereocenters. The van der Waals surface area contributed by atoms with E-state index in [9.17, 15) is 9.59 Å². The summed E-state index contributed by atoms with van der Waals surface area (Å²) in [5, 5.41) is 2.81. The van der Waals surface area contributed by atoms with E-state index >= 15 is 0 Å². The topological polar surface area (TPSA) is 55.4 Å². The van der Waals surface area contributed by atoms with Crippen LogP contribution in [0.25, 0.3) is 0 Å². The largest absolute Gasteiger partial charge is 0.465 e. The van der Waals surface area contributed by atoms with Gasteiger partial charge in [0.2, 0.25) is 5.91 Å². The van der Waals surface area contributed by atoms with Crippen LogP contribution in [0, 0.1) is 11.3 Å². The normalized spacial score (nSPS) is 21.3. The fraction of sp³-hybridized carbons (Fsp3) is 0.818. The number of amides is 1. The molecule has 0 aliphatic carbocycles. The van der Waals surface area contributed by atoms with Gasteiger partial charge in [-0.3, -0.25) is 9.59 Å². The Morgan fingerprint density at radius 1 is 1.60 bits per heavy atom. The molecule has 1 fully saturated rings. The van der Waals surface area contributed by atoms with E-state index in [1.54, 1.807) is 0 Å². The fourth-order valence-electron chi connectivity index (χ4n) is 1.34. The van der Waals surface area contributed by atoms with Crippen molar-refractivity contribution in [2.75, 3.05) is 13.2 Å². The van der Waals surface area contributed by atoms with E-state index in [1.807, 2.05) is 20.8 Å². The van der Waals surface area contributed by atoms with Gasteiger partial charge in [-0.15, -0.1) is 0 Å². The molecule has 1 saturated heterocycles. The number of carbonyl (C=O) groups is 2. The van der Waals surface area contributed by atoms with E-state index in [0.717, 1.165) is 6.42 Å². The molecule has 1 N–H and O–H groups in total. The molecule has 1 atom stereocenters. The highest BCUT2D eigenvalue weighted by Crippen LogP contribution is 2.20. The molecule has 1 amide bonds. The first kappa shape index (κ1) is 12.0. The summed E-state index contributed by atoms with van der Waals surface area (Å²) in [5.74, 6) is -0.337. The highest BCUT2D eigenvalue weighted by Gasteiger charge is 2.30. The average Bonchev–Trinajstić information content (AvgIpc) is 2.60. The summed E-state index contributed by atoms with van der Waals surface area (Å²) in [6.07, 6.45) is 1.50. The third-order valence-corrected chi connectivity index (χ3v) is 3.05. The number of hydrogen-bond acceptors (Lipinski definition) is 3. The summed E-state index contributed by atoms with van der Waals surface area (Å²) >= 11 is 0. The minimum Gasteiger partial charge on any atom is -0.465 e. The monoisotopic (exact) mass is 213 g/mol. The van der Waals surface area contributed by atoms with Gasteiger partial charge in [0.1, 0.15) is 0 Å². The molecule has 15 heavy (non-hydrogen) atoms. The zero-order chi connectivity index (χ0) is 11.5. The van der Waals surface area contributed by atoms with Gasteiger partial charge in [0.25, 0.3) is 0 Å². The van der Waals surface area contributed by atoms with Crippen LogP contribution < -0.4 is 5.32 Å². The Kier molecular flexibility index (Phi) is 3.72. The molecule has 1 aliphatic heterocycles. The Morgan fingerprint density at radius 3 is 2.73 bits per heavy atom. The van der Waals surface area contributed by atoms with E-state index in [0.29, 0.717) is 19.6 Å². The van der Waals surface area contributed by atoms with Crippen LogP contribution in [0.4, 0.5) is 0 Å². The average molecular weight is 213 g/mol. The molecule has 0 aromatic carbocycles. The van der Waals surface area contributed by atoms with Crippen LogP contribution in [0.15, 0.2) is 0 Å². The number of rotatable bonds is 4. The van der Waals surface area contributed by atoms with Gasteiger partial charge in [-0.2, -0.15) is 0 Å². The third-order valence-electron chi connectivity index (χ3n) is 3.05. The van der Waals surface area contributed by atoms with Crippen molar-refractivity contribution >= 4 is 11.9 Å². The predicted molar refractivity (Wildman–Crippen MR) is 56.1 cm³/mol. The van der Waals surface area contributed by atoms with Gasteiger partial charge < -0.3 is 10.1 Å². The standard InChI is InChI=1S/C11H19NO3/c1-4-11(2,3)10(14)12-7-8-5-6-15-9(8)13/h8H,4-7H2,1-3H3,(H,12,14). The molecule has 0 saturated carbocycles. The van der Waals surface area contributed by atoms with Crippen LogP contribution >= 0.6 is 0 Å². The maximum absolute atomic E-state index is 11.7. The lowest BCUT2D eigenvalue weighted by Gasteiger charge is -2.22. The maximum atomic E-state index is 11.7. The molecular formula is C11H19NO3. The molecule has 0 aromatic heterocycles. The first-order valence-corrected chi connectivity index (χ1v) is 5.42. The van der Waals surface area contributed by atoms with E-state index in [1.165, 1.54) is 0 Å². The Balaban J connectivity index is 2.37. The first-order chi connectivity index (χ1) is 6.97. The van der Waals surface area contributed by atoms with Crippen molar-refractivity contribution in [3.63, 3.8) is 0 Å². The Labute approximate surface area is 90.4 Å². The predicted octanol–water partition coefficient (Wildman–Crippen LogP) is 1.10. The smallest absolute Gasteiger partial charge is 0.310 e. The van der Waals surface area contributed by atoms with Crippen molar-refractivity contribution in [3.8, 4) is 0 Å². The SMILES string of the molecule is CCC(C)(C)C(=O)NCC1CCOC1=O. The van der Waals surface area contributed by atoms with E-state index in [4.69, 9.17) is 4.74 Å². The summed E-state index contributed by atoms with van der Waals surface area (Å²) in [6.45, 7) is 6.66. The van der Waals surface area contributed by atoms with Crippen molar-refractivity contribution < 1.29 is 14.3 Å². The lowest BCUT2D eigenvalue weighted by molar-refractivity contribution is -0.141. The van der Waals surface area contributed by atoms with Crippen LogP contribution in [-0.2, 0) is 14.3 Å². The number of carbonyl (C=O) groups excluding carboxylic acids is 2. The summed E-state index contributed by atoms with van der Waals surface area (Å²) in [4.78, 5) is 22.8. The number of esters is 1. The summed E-state index contributed by atoms with van der Waals surface area (Å²) < 4.78 is 4.82. The lowest BCUT2D eigenvalue weighted by atomic mass is 9.89. The van der Waals surface area contributed by atoms with E-state index in [-0.39, 0.29) is 23.2 Å². The Hall–Kier alpha value is -1.06. The van der Waals surface area contributed by atoms with Crippen LogP contribution in [0.1, 0.15) is 33.6 Å². The van der Waals surface area contributed by atoms with Gasteiger partial charge >= 0.3 is 5.97 Å². The van der Waals surface area contributed by atoms with Gasteiger partial charge in [0.15, 0.2) is 0 Å². The minimum absolute atomic E-state index is 0.00435. The highest BCUT2D eigenvalue weighted by molar-refractivity contribution is 5.82. The molecule has 0 spiro atoms. The molecule has 1 rings (SSSR count). The molecular weight excluding hydrogens is 194 g/mol. The molecule has 0 aromatic rings.